The highest BCUT2D eigenvalue weighted by Crippen LogP contribution is 2.07. The Morgan fingerprint density at radius 2 is 2.35 bits per heavy atom. The molecule has 1 aliphatic heterocycles. The number of rotatable bonds is 4. The molecule has 7 nitrogen and oxygen atoms in total. The molecule has 1 fully saturated rings. The molecule has 1 rings (SSSR count). The third kappa shape index (κ3) is 3.86. The van der Waals surface area contributed by atoms with Crippen molar-refractivity contribution >= 4 is 12.0 Å². The van der Waals surface area contributed by atoms with E-state index >= 15 is 0 Å². The van der Waals surface area contributed by atoms with E-state index in [9.17, 15) is 9.59 Å². The molecule has 0 spiro atoms. The largest absolute Gasteiger partial charge is 0.480 e. The lowest BCUT2D eigenvalue weighted by Gasteiger charge is -2.33. The van der Waals surface area contributed by atoms with Crippen molar-refractivity contribution in [1.82, 2.24) is 10.2 Å². The Labute approximate surface area is 99.7 Å². The van der Waals surface area contributed by atoms with E-state index in [4.69, 9.17) is 14.6 Å². The van der Waals surface area contributed by atoms with Gasteiger partial charge in [0.2, 0.25) is 0 Å². The highest BCUT2D eigenvalue weighted by Gasteiger charge is 2.33. The Balaban J connectivity index is 2.56. The van der Waals surface area contributed by atoms with Crippen molar-refractivity contribution in [2.24, 2.45) is 0 Å². The van der Waals surface area contributed by atoms with E-state index in [1.54, 1.807) is 6.92 Å². The van der Waals surface area contributed by atoms with Crippen molar-refractivity contribution in [1.29, 1.82) is 0 Å². The monoisotopic (exact) mass is 246 g/mol. The molecule has 2 unspecified atom stereocenters. The zero-order chi connectivity index (χ0) is 12.8. The Hall–Kier alpha value is -1.34. The number of carboxylic acid groups (broad SMARTS) is 1. The van der Waals surface area contributed by atoms with E-state index in [0.717, 1.165) is 0 Å². The maximum atomic E-state index is 11.8. The second kappa shape index (κ2) is 6.41. The predicted molar refractivity (Wildman–Crippen MR) is 58.8 cm³/mol. The number of amides is 2. The van der Waals surface area contributed by atoms with E-state index in [1.807, 2.05) is 0 Å². The highest BCUT2D eigenvalue weighted by molar-refractivity contribution is 5.83. The van der Waals surface area contributed by atoms with Gasteiger partial charge in [-0.1, -0.05) is 0 Å². The van der Waals surface area contributed by atoms with Crippen LogP contribution in [0.4, 0.5) is 4.79 Å². The van der Waals surface area contributed by atoms with Crippen LogP contribution in [0.15, 0.2) is 0 Å². The number of nitrogens with zero attached hydrogens (tertiary/aromatic N) is 1. The first kappa shape index (κ1) is 13.7. The van der Waals surface area contributed by atoms with E-state index in [1.165, 1.54) is 12.0 Å². The summed E-state index contributed by atoms with van der Waals surface area (Å²) in [5.41, 5.74) is 0. The number of carbonyl (C=O) groups excluding carboxylic acids is 1. The van der Waals surface area contributed by atoms with Gasteiger partial charge in [-0.15, -0.1) is 0 Å². The minimum absolute atomic E-state index is 0.0292. The maximum absolute atomic E-state index is 11.8. The van der Waals surface area contributed by atoms with Crippen molar-refractivity contribution in [3.63, 3.8) is 0 Å². The maximum Gasteiger partial charge on any atom is 0.328 e. The van der Waals surface area contributed by atoms with Crippen molar-refractivity contribution < 1.29 is 24.2 Å². The summed E-state index contributed by atoms with van der Waals surface area (Å²) in [6.45, 7) is 2.84. The molecule has 0 saturated carbocycles. The molecule has 0 radical (unpaired) electrons. The summed E-state index contributed by atoms with van der Waals surface area (Å²) in [6, 6.07) is -1.48. The number of morpholine rings is 1. The molecule has 0 aromatic rings. The standard InChI is InChI=1S/C10H18N2O5/c1-7(5-16-2)11-10(15)12-3-4-17-6-8(12)9(13)14/h7-8H,3-6H2,1-2H3,(H,11,15)(H,13,14). The summed E-state index contributed by atoms with van der Waals surface area (Å²) < 4.78 is 9.94. The van der Waals surface area contributed by atoms with Crippen molar-refractivity contribution in [2.45, 2.75) is 19.0 Å². The van der Waals surface area contributed by atoms with Gasteiger partial charge in [0.25, 0.3) is 0 Å². The molecule has 0 aromatic heterocycles. The van der Waals surface area contributed by atoms with Gasteiger partial charge in [-0.3, -0.25) is 0 Å². The Bertz CT molecular complexity index is 284. The molecule has 2 amide bonds. The molecule has 0 bridgehead atoms. The van der Waals surface area contributed by atoms with Crippen LogP contribution in [0.25, 0.3) is 0 Å². The number of ether oxygens (including phenoxy) is 2. The first-order valence-corrected chi connectivity index (χ1v) is 5.43. The summed E-state index contributed by atoms with van der Waals surface area (Å²) in [5.74, 6) is -1.06. The van der Waals surface area contributed by atoms with Gasteiger partial charge >= 0.3 is 12.0 Å². The zero-order valence-electron chi connectivity index (χ0n) is 10.0. The van der Waals surface area contributed by atoms with Gasteiger partial charge in [0.05, 0.1) is 25.9 Å². The van der Waals surface area contributed by atoms with E-state index in [-0.39, 0.29) is 19.2 Å². The zero-order valence-corrected chi connectivity index (χ0v) is 10.0. The Morgan fingerprint density at radius 1 is 1.65 bits per heavy atom. The lowest BCUT2D eigenvalue weighted by Crippen LogP contribution is -2.57. The molecular weight excluding hydrogens is 228 g/mol. The average molecular weight is 246 g/mol. The topological polar surface area (TPSA) is 88.1 Å². The minimum atomic E-state index is -1.06. The van der Waals surface area contributed by atoms with Gasteiger partial charge in [-0.2, -0.15) is 0 Å². The molecular formula is C10H18N2O5. The van der Waals surface area contributed by atoms with E-state index in [2.05, 4.69) is 5.32 Å². The Kier molecular flexibility index (Phi) is 5.17. The summed E-state index contributed by atoms with van der Waals surface area (Å²) in [6.07, 6.45) is 0. The predicted octanol–water partition coefficient (Wildman–Crippen LogP) is -0.484. The van der Waals surface area contributed by atoms with E-state index in [0.29, 0.717) is 13.2 Å². The van der Waals surface area contributed by atoms with Crippen LogP contribution < -0.4 is 5.32 Å². The molecule has 1 saturated heterocycles. The third-order valence-electron chi connectivity index (χ3n) is 2.46. The highest BCUT2D eigenvalue weighted by atomic mass is 16.5. The lowest BCUT2D eigenvalue weighted by atomic mass is 10.2. The fraction of sp³-hybridized carbons (Fsp3) is 0.800. The summed E-state index contributed by atoms with van der Waals surface area (Å²) in [4.78, 5) is 24.1. The van der Waals surface area contributed by atoms with Crippen LogP contribution in [0, 0.1) is 0 Å². The van der Waals surface area contributed by atoms with Crippen LogP contribution in [0.2, 0.25) is 0 Å². The van der Waals surface area contributed by atoms with Crippen LogP contribution in [-0.4, -0.2) is 67.6 Å². The lowest BCUT2D eigenvalue weighted by molar-refractivity contribution is -0.147. The number of urea groups is 1. The molecule has 0 aromatic carbocycles. The van der Waals surface area contributed by atoms with Gasteiger partial charge in [-0.25, -0.2) is 9.59 Å². The van der Waals surface area contributed by atoms with Crippen molar-refractivity contribution in [3.8, 4) is 0 Å². The van der Waals surface area contributed by atoms with Crippen LogP contribution in [0.3, 0.4) is 0 Å². The van der Waals surface area contributed by atoms with Gasteiger partial charge in [0, 0.05) is 13.7 Å². The second-order valence-electron chi connectivity index (χ2n) is 3.93. The van der Waals surface area contributed by atoms with Gasteiger partial charge < -0.3 is 24.8 Å². The number of aliphatic carboxylic acids is 1. The van der Waals surface area contributed by atoms with Crippen molar-refractivity contribution in [3.05, 3.63) is 0 Å². The second-order valence-corrected chi connectivity index (χ2v) is 3.93. The van der Waals surface area contributed by atoms with Gasteiger partial charge in [0.1, 0.15) is 0 Å². The number of carboxylic acids is 1. The smallest absolute Gasteiger partial charge is 0.328 e. The number of hydrogen-bond donors (Lipinski definition) is 2. The first-order chi connectivity index (χ1) is 8.06. The molecule has 17 heavy (non-hydrogen) atoms. The normalized spacial score (nSPS) is 22.0. The minimum Gasteiger partial charge on any atom is -0.480 e. The van der Waals surface area contributed by atoms with Crippen LogP contribution in [0.1, 0.15) is 6.92 Å². The van der Waals surface area contributed by atoms with Crippen LogP contribution in [0.5, 0.6) is 0 Å². The number of hydrogen-bond acceptors (Lipinski definition) is 4. The third-order valence-corrected chi connectivity index (χ3v) is 2.46. The van der Waals surface area contributed by atoms with Gasteiger partial charge in [-0.05, 0) is 6.92 Å². The fourth-order valence-electron chi connectivity index (χ4n) is 1.64. The van der Waals surface area contributed by atoms with Crippen molar-refractivity contribution in [2.75, 3.05) is 33.5 Å². The first-order valence-electron chi connectivity index (χ1n) is 5.43. The van der Waals surface area contributed by atoms with Crippen LogP contribution >= 0.6 is 0 Å². The number of carbonyl (C=O) groups is 2. The van der Waals surface area contributed by atoms with E-state index < -0.39 is 18.0 Å². The van der Waals surface area contributed by atoms with Crippen LogP contribution in [-0.2, 0) is 14.3 Å². The number of methoxy groups -OCH3 is 1. The molecule has 0 aliphatic carbocycles. The number of nitrogens with one attached hydrogen (secondary N) is 1. The molecule has 98 valence electrons. The summed E-state index contributed by atoms with van der Waals surface area (Å²) in [7, 11) is 1.54. The summed E-state index contributed by atoms with van der Waals surface area (Å²) >= 11 is 0. The summed E-state index contributed by atoms with van der Waals surface area (Å²) in [5, 5.41) is 11.6. The molecule has 7 heteroatoms. The SMILES string of the molecule is COCC(C)NC(=O)N1CCOCC1C(=O)O. The molecule has 1 aliphatic rings. The average Bonchev–Trinajstić information content (AvgIpc) is 2.29. The Morgan fingerprint density at radius 3 is 2.94 bits per heavy atom. The molecule has 2 N–H and O–H groups in total. The van der Waals surface area contributed by atoms with Gasteiger partial charge in [0.15, 0.2) is 6.04 Å². The quantitative estimate of drug-likeness (QED) is 0.699. The molecule has 1 heterocycles. The molecule has 2 atom stereocenters. The fourth-order valence-corrected chi connectivity index (χ4v) is 1.64.